The number of nitrogens with two attached hydrogens (primary N) is 1. The lowest BCUT2D eigenvalue weighted by atomic mass is 10.1. The SMILES string of the molecule is CCCC(N)c1cc(Br)cs1. The van der Waals surface area contributed by atoms with E-state index in [4.69, 9.17) is 5.73 Å². The van der Waals surface area contributed by atoms with Gasteiger partial charge in [-0.05, 0) is 28.4 Å². The van der Waals surface area contributed by atoms with E-state index >= 15 is 0 Å². The summed E-state index contributed by atoms with van der Waals surface area (Å²) in [5.41, 5.74) is 5.91. The van der Waals surface area contributed by atoms with Crippen LogP contribution in [0.4, 0.5) is 0 Å². The van der Waals surface area contributed by atoms with E-state index in [1.807, 2.05) is 0 Å². The average molecular weight is 234 g/mol. The molecule has 62 valence electrons. The van der Waals surface area contributed by atoms with Crippen molar-refractivity contribution >= 4 is 27.3 Å². The van der Waals surface area contributed by atoms with Crippen LogP contribution in [0.5, 0.6) is 0 Å². The van der Waals surface area contributed by atoms with Crippen LogP contribution in [0.3, 0.4) is 0 Å². The Hall–Kier alpha value is 0.140. The fourth-order valence-electron chi connectivity index (χ4n) is 0.976. The molecule has 0 radical (unpaired) electrons. The van der Waals surface area contributed by atoms with Gasteiger partial charge in [0.1, 0.15) is 0 Å². The molecule has 3 heteroatoms. The molecule has 0 aromatic carbocycles. The average Bonchev–Trinajstić information content (AvgIpc) is 2.36. The van der Waals surface area contributed by atoms with Gasteiger partial charge in [0, 0.05) is 20.8 Å². The molecular formula is C8H12BrNS. The van der Waals surface area contributed by atoms with Crippen LogP contribution >= 0.6 is 27.3 Å². The molecule has 0 bridgehead atoms. The Morgan fingerprint density at radius 3 is 2.91 bits per heavy atom. The highest BCUT2D eigenvalue weighted by Crippen LogP contribution is 2.26. The van der Waals surface area contributed by atoms with Gasteiger partial charge in [0.2, 0.25) is 0 Å². The van der Waals surface area contributed by atoms with E-state index in [1.54, 1.807) is 11.3 Å². The number of hydrogen-bond donors (Lipinski definition) is 1. The zero-order chi connectivity index (χ0) is 8.27. The van der Waals surface area contributed by atoms with Crippen molar-refractivity contribution in [2.45, 2.75) is 25.8 Å². The van der Waals surface area contributed by atoms with E-state index in [2.05, 4.69) is 34.3 Å². The molecule has 1 unspecified atom stereocenters. The standard InChI is InChI=1S/C8H12BrNS/c1-2-3-7(10)8-4-6(9)5-11-8/h4-5,7H,2-3,10H2,1H3. The highest BCUT2D eigenvalue weighted by atomic mass is 79.9. The minimum absolute atomic E-state index is 0.233. The van der Waals surface area contributed by atoms with Gasteiger partial charge in [0.15, 0.2) is 0 Å². The van der Waals surface area contributed by atoms with Crippen LogP contribution in [0.2, 0.25) is 0 Å². The van der Waals surface area contributed by atoms with Crippen molar-refractivity contribution < 1.29 is 0 Å². The molecule has 1 atom stereocenters. The summed E-state index contributed by atoms with van der Waals surface area (Å²) in [5, 5.41) is 2.07. The minimum atomic E-state index is 0.233. The van der Waals surface area contributed by atoms with Crippen molar-refractivity contribution in [3.63, 3.8) is 0 Å². The highest BCUT2D eigenvalue weighted by Gasteiger charge is 2.06. The van der Waals surface area contributed by atoms with Crippen LogP contribution in [-0.2, 0) is 0 Å². The monoisotopic (exact) mass is 233 g/mol. The third kappa shape index (κ3) is 2.58. The first-order valence-electron chi connectivity index (χ1n) is 3.73. The molecule has 0 amide bonds. The van der Waals surface area contributed by atoms with Crippen LogP contribution in [0.1, 0.15) is 30.7 Å². The molecule has 2 N–H and O–H groups in total. The largest absolute Gasteiger partial charge is 0.323 e. The smallest absolute Gasteiger partial charge is 0.0390 e. The fraction of sp³-hybridized carbons (Fsp3) is 0.500. The zero-order valence-electron chi connectivity index (χ0n) is 6.51. The summed E-state index contributed by atoms with van der Waals surface area (Å²) < 4.78 is 1.14. The second kappa shape index (κ2) is 4.24. The van der Waals surface area contributed by atoms with Crippen molar-refractivity contribution in [2.75, 3.05) is 0 Å². The van der Waals surface area contributed by atoms with Gasteiger partial charge in [-0.15, -0.1) is 11.3 Å². The van der Waals surface area contributed by atoms with E-state index in [0.717, 1.165) is 17.3 Å². The molecule has 1 nitrogen and oxygen atoms in total. The van der Waals surface area contributed by atoms with Gasteiger partial charge in [0.05, 0.1) is 0 Å². The van der Waals surface area contributed by atoms with Crippen LogP contribution in [0.25, 0.3) is 0 Å². The minimum Gasteiger partial charge on any atom is -0.323 e. The summed E-state index contributed by atoms with van der Waals surface area (Å²) in [5.74, 6) is 0. The normalized spacial score (nSPS) is 13.4. The maximum atomic E-state index is 5.91. The Morgan fingerprint density at radius 1 is 1.73 bits per heavy atom. The highest BCUT2D eigenvalue weighted by molar-refractivity contribution is 9.10. The van der Waals surface area contributed by atoms with Gasteiger partial charge >= 0.3 is 0 Å². The van der Waals surface area contributed by atoms with Crippen LogP contribution in [-0.4, -0.2) is 0 Å². The summed E-state index contributed by atoms with van der Waals surface area (Å²) in [6.45, 7) is 2.16. The summed E-state index contributed by atoms with van der Waals surface area (Å²) in [4.78, 5) is 1.28. The summed E-state index contributed by atoms with van der Waals surface area (Å²) >= 11 is 5.13. The molecule has 1 rings (SSSR count). The van der Waals surface area contributed by atoms with Gasteiger partial charge in [-0.25, -0.2) is 0 Å². The summed E-state index contributed by atoms with van der Waals surface area (Å²) in [6.07, 6.45) is 2.23. The predicted molar refractivity (Wildman–Crippen MR) is 53.9 cm³/mol. The molecule has 0 spiro atoms. The first kappa shape index (κ1) is 9.23. The second-order valence-electron chi connectivity index (χ2n) is 2.56. The van der Waals surface area contributed by atoms with Crippen LogP contribution in [0.15, 0.2) is 15.9 Å². The number of halogens is 1. The Morgan fingerprint density at radius 2 is 2.45 bits per heavy atom. The molecule has 1 heterocycles. The quantitative estimate of drug-likeness (QED) is 0.853. The second-order valence-corrected chi connectivity index (χ2v) is 4.42. The van der Waals surface area contributed by atoms with Crippen molar-refractivity contribution in [2.24, 2.45) is 5.73 Å². The Bertz CT molecular complexity index is 222. The predicted octanol–water partition coefficient (Wildman–Crippen LogP) is 3.31. The summed E-state index contributed by atoms with van der Waals surface area (Å²) in [6, 6.07) is 2.33. The maximum absolute atomic E-state index is 5.91. The van der Waals surface area contributed by atoms with Gasteiger partial charge in [0.25, 0.3) is 0 Å². The van der Waals surface area contributed by atoms with Gasteiger partial charge in [-0.3, -0.25) is 0 Å². The van der Waals surface area contributed by atoms with E-state index in [-0.39, 0.29) is 6.04 Å². The Balaban J connectivity index is 2.60. The maximum Gasteiger partial charge on any atom is 0.0390 e. The molecule has 11 heavy (non-hydrogen) atoms. The zero-order valence-corrected chi connectivity index (χ0v) is 8.91. The molecular weight excluding hydrogens is 222 g/mol. The number of hydrogen-bond acceptors (Lipinski definition) is 2. The third-order valence-corrected chi connectivity index (χ3v) is 3.38. The number of thiophene rings is 1. The third-order valence-electron chi connectivity index (χ3n) is 1.55. The molecule has 1 aromatic rings. The molecule has 0 aliphatic heterocycles. The van der Waals surface area contributed by atoms with Crippen molar-refractivity contribution in [1.29, 1.82) is 0 Å². The van der Waals surface area contributed by atoms with Gasteiger partial charge in [-0.2, -0.15) is 0 Å². The summed E-state index contributed by atoms with van der Waals surface area (Å²) in [7, 11) is 0. The lowest BCUT2D eigenvalue weighted by Gasteiger charge is -2.05. The van der Waals surface area contributed by atoms with Crippen molar-refractivity contribution in [3.8, 4) is 0 Å². The van der Waals surface area contributed by atoms with Gasteiger partial charge < -0.3 is 5.73 Å². The molecule has 0 aliphatic rings. The van der Waals surface area contributed by atoms with E-state index in [1.165, 1.54) is 4.88 Å². The van der Waals surface area contributed by atoms with Crippen LogP contribution in [0, 0.1) is 0 Å². The first-order valence-corrected chi connectivity index (χ1v) is 5.40. The molecule has 0 saturated heterocycles. The van der Waals surface area contributed by atoms with Gasteiger partial charge in [-0.1, -0.05) is 13.3 Å². The molecule has 0 fully saturated rings. The van der Waals surface area contributed by atoms with E-state index in [0.29, 0.717) is 0 Å². The lowest BCUT2D eigenvalue weighted by molar-refractivity contribution is 0.648. The van der Waals surface area contributed by atoms with Crippen LogP contribution < -0.4 is 5.73 Å². The van der Waals surface area contributed by atoms with Crippen molar-refractivity contribution in [3.05, 3.63) is 20.8 Å². The topological polar surface area (TPSA) is 26.0 Å². The molecule has 1 aromatic heterocycles. The van der Waals surface area contributed by atoms with E-state index < -0.39 is 0 Å². The molecule has 0 aliphatic carbocycles. The Labute approximate surface area is 79.7 Å². The molecule has 0 saturated carbocycles. The fourth-order valence-corrected chi connectivity index (χ4v) is 2.46. The lowest BCUT2D eigenvalue weighted by Crippen LogP contribution is -2.07. The Kier molecular flexibility index (Phi) is 3.55. The van der Waals surface area contributed by atoms with Crippen molar-refractivity contribution in [1.82, 2.24) is 0 Å². The van der Waals surface area contributed by atoms with E-state index in [9.17, 15) is 0 Å². The first-order chi connectivity index (χ1) is 5.24. The number of rotatable bonds is 3.